The van der Waals surface area contributed by atoms with E-state index >= 15 is 0 Å². The molecule has 0 saturated carbocycles. The molecule has 5 heteroatoms. The maximum absolute atomic E-state index is 12.6. The molecule has 2 saturated heterocycles. The van der Waals surface area contributed by atoms with Gasteiger partial charge < -0.3 is 5.32 Å². The van der Waals surface area contributed by atoms with Crippen LogP contribution in [0, 0.1) is 0 Å². The molecule has 0 radical (unpaired) electrons. The quantitative estimate of drug-likeness (QED) is 0.802. The SMILES string of the molecule is O=C1c2ccc(Br)cc2C(=O)N1C1CC2CCC(C1)N2. The van der Waals surface area contributed by atoms with E-state index in [-0.39, 0.29) is 17.9 Å². The molecular weight excluding hydrogens is 320 g/mol. The molecule has 2 bridgehead atoms. The van der Waals surface area contributed by atoms with Crippen LogP contribution in [0.4, 0.5) is 0 Å². The van der Waals surface area contributed by atoms with Gasteiger partial charge in [-0.1, -0.05) is 15.9 Å². The van der Waals surface area contributed by atoms with E-state index in [1.54, 1.807) is 12.1 Å². The summed E-state index contributed by atoms with van der Waals surface area (Å²) in [5, 5.41) is 3.55. The lowest BCUT2D eigenvalue weighted by atomic mass is 9.98. The van der Waals surface area contributed by atoms with E-state index in [0.717, 1.165) is 30.2 Å². The summed E-state index contributed by atoms with van der Waals surface area (Å²) in [7, 11) is 0. The first-order valence-electron chi connectivity index (χ1n) is 7.07. The number of amides is 2. The minimum Gasteiger partial charge on any atom is -0.311 e. The van der Waals surface area contributed by atoms with Gasteiger partial charge in [0.25, 0.3) is 11.8 Å². The van der Waals surface area contributed by atoms with Gasteiger partial charge in [-0.25, -0.2) is 0 Å². The van der Waals surface area contributed by atoms with Gasteiger partial charge >= 0.3 is 0 Å². The number of carbonyl (C=O) groups is 2. The highest BCUT2D eigenvalue weighted by Crippen LogP contribution is 2.35. The Labute approximate surface area is 125 Å². The normalized spacial score (nSPS) is 31.9. The van der Waals surface area contributed by atoms with Crippen molar-refractivity contribution in [2.24, 2.45) is 0 Å². The molecule has 2 unspecified atom stereocenters. The second-order valence-electron chi connectivity index (χ2n) is 5.93. The molecule has 4 nitrogen and oxygen atoms in total. The minimum atomic E-state index is -0.127. The number of fused-ring (bicyclic) bond motifs is 3. The Morgan fingerprint density at radius 3 is 2.40 bits per heavy atom. The van der Waals surface area contributed by atoms with Gasteiger partial charge in [-0.2, -0.15) is 0 Å². The molecule has 20 heavy (non-hydrogen) atoms. The van der Waals surface area contributed by atoms with Gasteiger partial charge in [-0.15, -0.1) is 0 Å². The van der Waals surface area contributed by atoms with Crippen LogP contribution in [-0.4, -0.2) is 34.8 Å². The number of hydrogen-bond acceptors (Lipinski definition) is 3. The van der Waals surface area contributed by atoms with E-state index in [1.807, 2.05) is 6.07 Å². The maximum atomic E-state index is 12.6. The zero-order valence-corrected chi connectivity index (χ0v) is 12.5. The van der Waals surface area contributed by atoms with Gasteiger partial charge in [-0.05, 0) is 43.9 Å². The topological polar surface area (TPSA) is 49.4 Å². The van der Waals surface area contributed by atoms with Crippen LogP contribution in [0.25, 0.3) is 0 Å². The monoisotopic (exact) mass is 334 g/mol. The van der Waals surface area contributed by atoms with Crippen LogP contribution in [-0.2, 0) is 0 Å². The van der Waals surface area contributed by atoms with Gasteiger partial charge in [0.15, 0.2) is 0 Å². The van der Waals surface area contributed by atoms with Gasteiger partial charge in [-0.3, -0.25) is 14.5 Å². The summed E-state index contributed by atoms with van der Waals surface area (Å²) in [5.74, 6) is -0.249. The van der Waals surface area contributed by atoms with Crippen molar-refractivity contribution >= 4 is 27.7 Å². The molecule has 2 amide bonds. The third-order valence-corrected chi connectivity index (χ3v) is 5.19. The fourth-order valence-corrected chi connectivity index (χ4v) is 4.16. The first-order valence-corrected chi connectivity index (χ1v) is 7.86. The maximum Gasteiger partial charge on any atom is 0.261 e. The van der Waals surface area contributed by atoms with Crippen molar-refractivity contribution in [1.82, 2.24) is 10.2 Å². The van der Waals surface area contributed by atoms with Crippen molar-refractivity contribution in [3.63, 3.8) is 0 Å². The molecule has 0 spiro atoms. The predicted octanol–water partition coefficient (Wildman–Crippen LogP) is 2.33. The Balaban J connectivity index is 1.68. The van der Waals surface area contributed by atoms with Gasteiger partial charge in [0, 0.05) is 22.6 Å². The standard InChI is InChI=1S/C15H15BrN2O2/c16-8-1-4-12-13(5-8)15(20)18(14(12)19)11-6-9-2-3-10(7-11)17-9/h1,4-5,9-11,17H,2-3,6-7H2. The number of benzene rings is 1. The second-order valence-corrected chi connectivity index (χ2v) is 6.85. The summed E-state index contributed by atoms with van der Waals surface area (Å²) in [6, 6.07) is 6.31. The average Bonchev–Trinajstić information content (AvgIpc) is 2.88. The molecule has 3 heterocycles. The molecule has 0 aromatic heterocycles. The molecule has 1 aromatic carbocycles. The van der Waals surface area contributed by atoms with E-state index in [9.17, 15) is 9.59 Å². The lowest BCUT2D eigenvalue weighted by Crippen LogP contribution is -2.50. The van der Waals surface area contributed by atoms with E-state index in [1.165, 1.54) is 4.90 Å². The zero-order chi connectivity index (χ0) is 13.9. The van der Waals surface area contributed by atoms with Gasteiger partial charge in [0.05, 0.1) is 11.1 Å². The van der Waals surface area contributed by atoms with E-state index in [0.29, 0.717) is 23.2 Å². The highest BCUT2D eigenvalue weighted by atomic mass is 79.9. The van der Waals surface area contributed by atoms with Crippen LogP contribution in [0.15, 0.2) is 22.7 Å². The second kappa shape index (κ2) is 4.40. The smallest absolute Gasteiger partial charge is 0.261 e. The molecule has 4 rings (SSSR count). The fraction of sp³-hybridized carbons (Fsp3) is 0.467. The van der Waals surface area contributed by atoms with Crippen molar-refractivity contribution in [1.29, 1.82) is 0 Å². The number of hydrogen-bond donors (Lipinski definition) is 1. The summed E-state index contributed by atoms with van der Waals surface area (Å²) in [4.78, 5) is 26.6. The Bertz CT molecular complexity index is 604. The molecular formula is C15H15BrN2O2. The Kier molecular flexibility index (Phi) is 2.76. The van der Waals surface area contributed by atoms with Crippen molar-refractivity contribution in [3.8, 4) is 0 Å². The van der Waals surface area contributed by atoms with Crippen LogP contribution in [0.1, 0.15) is 46.4 Å². The summed E-state index contributed by atoms with van der Waals surface area (Å²) >= 11 is 3.37. The highest BCUT2D eigenvalue weighted by molar-refractivity contribution is 9.10. The van der Waals surface area contributed by atoms with Crippen LogP contribution in [0.2, 0.25) is 0 Å². The zero-order valence-electron chi connectivity index (χ0n) is 10.9. The number of carbonyl (C=O) groups excluding carboxylic acids is 2. The van der Waals surface area contributed by atoms with Gasteiger partial charge in [0.2, 0.25) is 0 Å². The molecule has 1 N–H and O–H groups in total. The summed E-state index contributed by atoms with van der Waals surface area (Å²) < 4.78 is 0.838. The van der Waals surface area contributed by atoms with Crippen LogP contribution in [0.5, 0.6) is 0 Å². The number of piperidine rings is 1. The highest BCUT2D eigenvalue weighted by Gasteiger charge is 2.44. The van der Waals surface area contributed by atoms with Crippen molar-refractivity contribution < 1.29 is 9.59 Å². The third-order valence-electron chi connectivity index (χ3n) is 4.69. The number of halogens is 1. The lowest BCUT2D eigenvalue weighted by molar-refractivity contribution is 0.0536. The first kappa shape index (κ1) is 12.5. The van der Waals surface area contributed by atoms with Crippen LogP contribution in [0.3, 0.4) is 0 Å². The average molecular weight is 335 g/mol. The predicted molar refractivity (Wildman–Crippen MR) is 77.6 cm³/mol. The van der Waals surface area contributed by atoms with Crippen molar-refractivity contribution in [2.45, 2.75) is 43.8 Å². The lowest BCUT2D eigenvalue weighted by Gasteiger charge is -2.34. The number of nitrogens with zero attached hydrogens (tertiary/aromatic N) is 1. The van der Waals surface area contributed by atoms with Gasteiger partial charge in [0.1, 0.15) is 0 Å². The van der Waals surface area contributed by atoms with Crippen LogP contribution < -0.4 is 5.32 Å². The molecule has 1 aromatic rings. The first-order chi connectivity index (χ1) is 9.63. The van der Waals surface area contributed by atoms with Crippen LogP contribution >= 0.6 is 15.9 Å². The minimum absolute atomic E-state index is 0.0555. The summed E-state index contributed by atoms with van der Waals surface area (Å²) in [6.07, 6.45) is 4.11. The molecule has 104 valence electrons. The van der Waals surface area contributed by atoms with E-state index < -0.39 is 0 Å². The van der Waals surface area contributed by atoms with Crippen molar-refractivity contribution in [3.05, 3.63) is 33.8 Å². The molecule has 2 atom stereocenters. The molecule has 3 aliphatic rings. The van der Waals surface area contributed by atoms with E-state index in [2.05, 4.69) is 21.2 Å². The number of imide groups is 1. The Hall–Kier alpha value is -1.20. The van der Waals surface area contributed by atoms with E-state index in [4.69, 9.17) is 0 Å². The Morgan fingerprint density at radius 2 is 1.70 bits per heavy atom. The Morgan fingerprint density at radius 1 is 1.05 bits per heavy atom. The molecule has 3 aliphatic heterocycles. The molecule has 2 fully saturated rings. The molecule has 0 aliphatic carbocycles. The van der Waals surface area contributed by atoms with Crippen molar-refractivity contribution in [2.75, 3.05) is 0 Å². The third kappa shape index (κ3) is 1.76. The number of rotatable bonds is 1. The summed E-state index contributed by atoms with van der Waals surface area (Å²) in [6.45, 7) is 0. The largest absolute Gasteiger partial charge is 0.311 e. The number of nitrogens with one attached hydrogen (secondary N) is 1. The summed E-state index contributed by atoms with van der Waals surface area (Å²) in [5.41, 5.74) is 1.08. The fourth-order valence-electron chi connectivity index (χ4n) is 3.80.